The van der Waals surface area contributed by atoms with Crippen molar-refractivity contribution in [2.24, 2.45) is 5.92 Å². The van der Waals surface area contributed by atoms with Crippen LogP contribution in [0.25, 0.3) is 0 Å². The number of rotatable bonds is 2. The normalized spacial score (nSPS) is 28.9. The Bertz CT molecular complexity index is 256. The minimum absolute atomic E-state index is 0.274. The number of aromatic nitrogens is 1. The van der Waals surface area contributed by atoms with Crippen molar-refractivity contribution < 1.29 is 9.52 Å². The number of hydrogen-bond acceptors (Lipinski definition) is 3. The van der Waals surface area contributed by atoms with Crippen LogP contribution in [-0.2, 0) is 0 Å². The highest BCUT2D eigenvalue weighted by Crippen LogP contribution is 2.46. The van der Waals surface area contributed by atoms with E-state index in [1.54, 1.807) is 6.26 Å². The molecule has 11 heavy (non-hydrogen) atoms. The van der Waals surface area contributed by atoms with E-state index in [9.17, 15) is 0 Å². The number of aliphatic hydroxyl groups is 1. The number of nitrogens with zero attached hydrogens (tertiary/aromatic N) is 1. The second-order valence-corrected chi connectivity index (χ2v) is 3.08. The summed E-state index contributed by atoms with van der Waals surface area (Å²) in [5, 5.41) is 8.79. The first-order chi connectivity index (χ1) is 5.31. The van der Waals surface area contributed by atoms with Gasteiger partial charge in [-0.1, -0.05) is 0 Å². The minimum atomic E-state index is 0.274. The Labute approximate surface area is 65.1 Å². The van der Waals surface area contributed by atoms with Crippen LogP contribution < -0.4 is 0 Å². The van der Waals surface area contributed by atoms with Crippen molar-refractivity contribution in [1.29, 1.82) is 0 Å². The Morgan fingerprint density at radius 2 is 2.64 bits per heavy atom. The molecule has 0 spiro atoms. The van der Waals surface area contributed by atoms with Crippen molar-refractivity contribution in [3.05, 3.63) is 17.8 Å². The average Bonchev–Trinajstić information content (AvgIpc) is 2.68. The van der Waals surface area contributed by atoms with Gasteiger partial charge < -0.3 is 9.52 Å². The topological polar surface area (TPSA) is 46.3 Å². The van der Waals surface area contributed by atoms with Gasteiger partial charge in [0.05, 0.1) is 5.69 Å². The lowest BCUT2D eigenvalue weighted by Gasteiger charge is -1.87. The molecule has 1 fully saturated rings. The zero-order valence-corrected chi connectivity index (χ0v) is 6.45. The quantitative estimate of drug-likeness (QED) is 0.691. The van der Waals surface area contributed by atoms with Crippen LogP contribution in [0.4, 0.5) is 0 Å². The maximum Gasteiger partial charge on any atom is 0.191 e. The van der Waals surface area contributed by atoms with Crippen LogP contribution in [0.1, 0.15) is 23.9 Å². The molecule has 1 N–H and O–H groups in total. The summed E-state index contributed by atoms with van der Waals surface area (Å²) >= 11 is 0. The van der Waals surface area contributed by atoms with Crippen LogP contribution in [0.15, 0.2) is 10.7 Å². The molecule has 1 saturated carbocycles. The molecule has 0 aromatic carbocycles. The molecule has 0 saturated heterocycles. The standard InChI is InChI=1S/C8H11NO2/c1-5-9-8(4-11-5)7-2-6(7)3-10/h4,6-7,10H,2-3H2,1H3. The van der Waals surface area contributed by atoms with Gasteiger partial charge in [-0.15, -0.1) is 0 Å². The molecule has 1 aromatic heterocycles. The van der Waals surface area contributed by atoms with E-state index in [2.05, 4.69) is 4.98 Å². The van der Waals surface area contributed by atoms with Gasteiger partial charge in [-0.3, -0.25) is 0 Å². The fourth-order valence-corrected chi connectivity index (χ4v) is 1.36. The Morgan fingerprint density at radius 1 is 1.82 bits per heavy atom. The zero-order valence-electron chi connectivity index (χ0n) is 6.45. The van der Waals surface area contributed by atoms with E-state index in [0.29, 0.717) is 17.7 Å². The van der Waals surface area contributed by atoms with E-state index in [4.69, 9.17) is 9.52 Å². The highest BCUT2D eigenvalue weighted by atomic mass is 16.3. The molecule has 0 radical (unpaired) electrons. The molecule has 60 valence electrons. The van der Waals surface area contributed by atoms with E-state index in [1.165, 1.54) is 0 Å². The van der Waals surface area contributed by atoms with Crippen LogP contribution in [0.3, 0.4) is 0 Å². The molecule has 0 bridgehead atoms. The third-order valence-corrected chi connectivity index (χ3v) is 2.17. The molecule has 2 atom stereocenters. The monoisotopic (exact) mass is 153 g/mol. The first-order valence-electron chi connectivity index (χ1n) is 3.84. The summed E-state index contributed by atoms with van der Waals surface area (Å²) in [7, 11) is 0. The lowest BCUT2D eigenvalue weighted by Crippen LogP contribution is -1.88. The smallest absolute Gasteiger partial charge is 0.191 e. The van der Waals surface area contributed by atoms with Gasteiger partial charge in [-0.05, 0) is 12.3 Å². The molecule has 3 nitrogen and oxygen atoms in total. The first kappa shape index (κ1) is 6.85. The Balaban J connectivity index is 2.08. The van der Waals surface area contributed by atoms with Crippen LogP contribution in [-0.4, -0.2) is 16.7 Å². The van der Waals surface area contributed by atoms with Gasteiger partial charge in [0.2, 0.25) is 0 Å². The molecule has 1 aliphatic carbocycles. The number of aliphatic hydroxyl groups excluding tert-OH is 1. The molecule has 0 amide bonds. The van der Waals surface area contributed by atoms with Gasteiger partial charge in [-0.2, -0.15) is 0 Å². The van der Waals surface area contributed by atoms with Gasteiger partial charge in [0, 0.05) is 19.4 Å². The number of hydrogen-bond donors (Lipinski definition) is 1. The van der Waals surface area contributed by atoms with Crippen molar-refractivity contribution in [3.8, 4) is 0 Å². The lowest BCUT2D eigenvalue weighted by atomic mass is 10.3. The van der Waals surface area contributed by atoms with E-state index in [-0.39, 0.29) is 6.61 Å². The van der Waals surface area contributed by atoms with Crippen LogP contribution in [0, 0.1) is 12.8 Å². The second kappa shape index (κ2) is 2.34. The first-order valence-corrected chi connectivity index (χ1v) is 3.84. The minimum Gasteiger partial charge on any atom is -0.449 e. The zero-order chi connectivity index (χ0) is 7.84. The van der Waals surface area contributed by atoms with E-state index in [1.807, 2.05) is 6.92 Å². The summed E-state index contributed by atoms with van der Waals surface area (Å²) in [5.41, 5.74) is 1.00. The maximum atomic E-state index is 8.79. The van der Waals surface area contributed by atoms with Gasteiger partial charge >= 0.3 is 0 Å². The van der Waals surface area contributed by atoms with Gasteiger partial charge in [0.25, 0.3) is 0 Å². The Hall–Kier alpha value is -0.830. The molecule has 1 aromatic rings. The Morgan fingerprint density at radius 3 is 3.09 bits per heavy atom. The lowest BCUT2D eigenvalue weighted by molar-refractivity contribution is 0.273. The maximum absolute atomic E-state index is 8.79. The second-order valence-electron chi connectivity index (χ2n) is 3.08. The summed E-state index contributed by atoms with van der Waals surface area (Å²) in [6.07, 6.45) is 2.75. The molecule has 0 aliphatic heterocycles. The average molecular weight is 153 g/mol. The van der Waals surface area contributed by atoms with Gasteiger partial charge in [-0.25, -0.2) is 4.98 Å². The summed E-state index contributed by atoms with van der Waals surface area (Å²) in [6.45, 7) is 2.11. The number of aryl methyl sites for hydroxylation is 1. The molecular formula is C8H11NO2. The van der Waals surface area contributed by atoms with Crippen molar-refractivity contribution in [3.63, 3.8) is 0 Å². The SMILES string of the molecule is Cc1nc(C2CC2CO)co1. The van der Waals surface area contributed by atoms with Gasteiger partial charge in [0.15, 0.2) is 5.89 Å². The van der Waals surface area contributed by atoms with Crippen molar-refractivity contribution in [1.82, 2.24) is 4.98 Å². The summed E-state index contributed by atoms with van der Waals surface area (Å²) < 4.78 is 5.07. The molecule has 1 aliphatic rings. The summed E-state index contributed by atoms with van der Waals surface area (Å²) in [5.74, 6) is 1.60. The highest BCUT2D eigenvalue weighted by molar-refractivity contribution is 5.14. The van der Waals surface area contributed by atoms with Crippen molar-refractivity contribution in [2.75, 3.05) is 6.61 Å². The summed E-state index contributed by atoms with van der Waals surface area (Å²) in [4.78, 5) is 4.19. The Kier molecular flexibility index (Phi) is 1.46. The van der Waals surface area contributed by atoms with Crippen LogP contribution in [0.5, 0.6) is 0 Å². The fourth-order valence-electron chi connectivity index (χ4n) is 1.36. The molecular weight excluding hydrogens is 142 g/mol. The third-order valence-electron chi connectivity index (χ3n) is 2.17. The molecule has 1 heterocycles. The van der Waals surface area contributed by atoms with Crippen LogP contribution in [0.2, 0.25) is 0 Å². The summed E-state index contributed by atoms with van der Waals surface area (Å²) in [6, 6.07) is 0. The molecule has 2 rings (SSSR count). The third kappa shape index (κ3) is 1.16. The van der Waals surface area contributed by atoms with Crippen LogP contribution >= 0.6 is 0 Å². The molecule has 2 unspecified atom stereocenters. The number of oxazole rings is 1. The van der Waals surface area contributed by atoms with Gasteiger partial charge in [0.1, 0.15) is 6.26 Å². The predicted octanol–water partition coefficient (Wildman–Crippen LogP) is 1.08. The predicted molar refractivity (Wildman–Crippen MR) is 39.2 cm³/mol. The molecule has 3 heteroatoms. The van der Waals surface area contributed by atoms with E-state index in [0.717, 1.165) is 12.1 Å². The fraction of sp³-hybridized carbons (Fsp3) is 0.625. The van der Waals surface area contributed by atoms with E-state index >= 15 is 0 Å². The highest BCUT2D eigenvalue weighted by Gasteiger charge is 2.39. The largest absolute Gasteiger partial charge is 0.449 e. The van der Waals surface area contributed by atoms with Crippen molar-refractivity contribution in [2.45, 2.75) is 19.3 Å². The van der Waals surface area contributed by atoms with Crippen molar-refractivity contribution >= 4 is 0 Å². The van der Waals surface area contributed by atoms with E-state index < -0.39 is 0 Å².